The molecule has 1 aromatic heterocycles. The second kappa shape index (κ2) is 5.89. The van der Waals surface area contributed by atoms with Crippen LogP contribution in [-0.2, 0) is 17.4 Å². The summed E-state index contributed by atoms with van der Waals surface area (Å²) in [5.41, 5.74) is 1.53. The number of aromatic nitrogens is 3. The standard InChI is InChI=1S/C17H18BN5/c1-16(2,8-19)13-5-12(7-23-11-21-10-22-23)15(18)14(6-13)17(3,4)9-20/h5-6,10-11H,7H2,1-4H3. The molecule has 2 rings (SSSR count). The molecule has 114 valence electrons. The predicted octanol–water partition coefficient (Wildman–Crippen LogP) is 1.72. The fourth-order valence-electron chi connectivity index (χ4n) is 2.34. The Bertz CT molecular complexity index is 792. The van der Waals surface area contributed by atoms with Gasteiger partial charge in [0.1, 0.15) is 20.5 Å². The van der Waals surface area contributed by atoms with E-state index in [4.69, 9.17) is 7.85 Å². The molecule has 0 aliphatic rings. The van der Waals surface area contributed by atoms with Gasteiger partial charge in [0.25, 0.3) is 0 Å². The molecule has 0 aliphatic heterocycles. The fraction of sp³-hybridized carbons (Fsp3) is 0.412. The van der Waals surface area contributed by atoms with Crippen LogP contribution in [0.2, 0.25) is 0 Å². The number of hydrogen-bond donors (Lipinski definition) is 0. The summed E-state index contributed by atoms with van der Waals surface area (Å²) in [6.07, 6.45) is 3.07. The third kappa shape index (κ3) is 3.27. The van der Waals surface area contributed by atoms with E-state index in [2.05, 4.69) is 22.2 Å². The van der Waals surface area contributed by atoms with Gasteiger partial charge in [-0.3, -0.25) is 0 Å². The van der Waals surface area contributed by atoms with Crippen LogP contribution in [0.5, 0.6) is 0 Å². The van der Waals surface area contributed by atoms with Crippen LogP contribution in [0.15, 0.2) is 24.8 Å². The van der Waals surface area contributed by atoms with Gasteiger partial charge in [-0.25, -0.2) is 9.67 Å². The highest BCUT2D eigenvalue weighted by molar-refractivity contribution is 6.34. The first-order chi connectivity index (χ1) is 10.7. The van der Waals surface area contributed by atoms with Gasteiger partial charge >= 0.3 is 0 Å². The van der Waals surface area contributed by atoms with Crippen LogP contribution < -0.4 is 5.46 Å². The van der Waals surface area contributed by atoms with Crippen molar-refractivity contribution in [2.24, 2.45) is 0 Å². The molecule has 0 saturated heterocycles. The largest absolute Gasteiger partial charge is 0.249 e. The Kier molecular flexibility index (Phi) is 4.30. The van der Waals surface area contributed by atoms with Gasteiger partial charge in [0, 0.05) is 0 Å². The molecule has 2 radical (unpaired) electrons. The van der Waals surface area contributed by atoms with Gasteiger partial charge in [0.05, 0.1) is 29.5 Å². The maximum atomic E-state index is 9.47. The molecule has 1 aromatic carbocycles. The number of benzene rings is 1. The Hall–Kier alpha value is -2.60. The van der Waals surface area contributed by atoms with Gasteiger partial charge in [0.15, 0.2) is 0 Å². The summed E-state index contributed by atoms with van der Waals surface area (Å²) < 4.78 is 1.66. The zero-order chi connectivity index (χ0) is 17.3. The Labute approximate surface area is 138 Å². The summed E-state index contributed by atoms with van der Waals surface area (Å²) in [6, 6.07) is 8.37. The Morgan fingerprint density at radius 3 is 2.30 bits per heavy atom. The van der Waals surface area contributed by atoms with E-state index in [9.17, 15) is 10.5 Å². The lowest BCUT2D eigenvalue weighted by atomic mass is 9.71. The minimum Gasteiger partial charge on any atom is -0.249 e. The highest BCUT2D eigenvalue weighted by atomic mass is 15.3. The third-order valence-corrected chi connectivity index (χ3v) is 4.02. The second-order valence-electron chi connectivity index (χ2n) is 6.66. The normalized spacial score (nSPS) is 11.7. The molecular weight excluding hydrogens is 285 g/mol. The first kappa shape index (κ1) is 16.8. The summed E-state index contributed by atoms with van der Waals surface area (Å²) in [5, 5.41) is 23.0. The molecular formula is C17H18BN5. The molecule has 5 nitrogen and oxygen atoms in total. The first-order valence-corrected chi connectivity index (χ1v) is 7.29. The SMILES string of the molecule is [B]c1c(Cn2cncn2)cc(C(C)(C)C#N)cc1C(C)(C)C#N. The van der Waals surface area contributed by atoms with Crippen molar-refractivity contribution in [2.45, 2.75) is 45.1 Å². The number of rotatable bonds is 4. The van der Waals surface area contributed by atoms with E-state index in [1.165, 1.54) is 6.33 Å². The van der Waals surface area contributed by atoms with Crippen LogP contribution in [0.4, 0.5) is 0 Å². The maximum absolute atomic E-state index is 9.47. The summed E-state index contributed by atoms with van der Waals surface area (Å²) in [5.74, 6) is 0. The highest BCUT2D eigenvalue weighted by Gasteiger charge is 2.28. The summed E-state index contributed by atoms with van der Waals surface area (Å²) in [4.78, 5) is 3.93. The average molecular weight is 303 g/mol. The molecule has 0 saturated carbocycles. The van der Waals surface area contributed by atoms with Crippen molar-refractivity contribution in [2.75, 3.05) is 0 Å². The van der Waals surface area contributed by atoms with E-state index in [0.29, 0.717) is 12.0 Å². The molecule has 2 aromatic rings. The molecule has 0 atom stereocenters. The Morgan fingerprint density at radius 2 is 1.78 bits per heavy atom. The van der Waals surface area contributed by atoms with Crippen molar-refractivity contribution < 1.29 is 0 Å². The van der Waals surface area contributed by atoms with E-state index in [0.717, 1.165) is 16.7 Å². The second-order valence-corrected chi connectivity index (χ2v) is 6.66. The first-order valence-electron chi connectivity index (χ1n) is 7.29. The molecule has 1 heterocycles. The van der Waals surface area contributed by atoms with Crippen molar-refractivity contribution in [3.8, 4) is 12.1 Å². The topological polar surface area (TPSA) is 78.3 Å². The van der Waals surface area contributed by atoms with Crippen LogP contribution in [0.1, 0.15) is 44.4 Å². The van der Waals surface area contributed by atoms with Crippen molar-refractivity contribution >= 4 is 13.3 Å². The van der Waals surface area contributed by atoms with Crippen LogP contribution in [0.25, 0.3) is 0 Å². The number of nitrogens with zero attached hydrogens (tertiary/aromatic N) is 5. The summed E-state index contributed by atoms with van der Waals surface area (Å²) in [6.45, 7) is 7.78. The number of hydrogen-bond acceptors (Lipinski definition) is 4. The molecule has 0 N–H and O–H groups in total. The Morgan fingerprint density at radius 1 is 1.13 bits per heavy atom. The van der Waals surface area contributed by atoms with E-state index < -0.39 is 10.8 Å². The summed E-state index contributed by atoms with van der Waals surface area (Å²) >= 11 is 0. The highest BCUT2D eigenvalue weighted by Crippen LogP contribution is 2.29. The lowest BCUT2D eigenvalue weighted by Crippen LogP contribution is -2.30. The lowest BCUT2D eigenvalue weighted by molar-refractivity contribution is 0.651. The van der Waals surface area contributed by atoms with Gasteiger partial charge in [-0.2, -0.15) is 15.6 Å². The quantitative estimate of drug-likeness (QED) is 0.806. The van der Waals surface area contributed by atoms with E-state index in [-0.39, 0.29) is 0 Å². The fourth-order valence-corrected chi connectivity index (χ4v) is 2.34. The van der Waals surface area contributed by atoms with Gasteiger partial charge in [-0.05, 0) is 44.4 Å². The molecule has 0 amide bonds. The monoisotopic (exact) mass is 303 g/mol. The number of nitriles is 2. The van der Waals surface area contributed by atoms with E-state index in [1.54, 1.807) is 11.0 Å². The minimum atomic E-state index is -0.747. The van der Waals surface area contributed by atoms with E-state index >= 15 is 0 Å². The molecule has 0 aliphatic carbocycles. The predicted molar refractivity (Wildman–Crippen MR) is 88.2 cm³/mol. The minimum absolute atomic E-state index is 0.440. The molecule has 0 unspecified atom stereocenters. The van der Waals surface area contributed by atoms with Crippen molar-refractivity contribution in [1.29, 1.82) is 10.5 Å². The van der Waals surface area contributed by atoms with Crippen molar-refractivity contribution in [3.63, 3.8) is 0 Å². The molecule has 0 spiro atoms. The van der Waals surface area contributed by atoms with Crippen molar-refractivity contribution in [1.82, 2.24) is 14.8 Å². The van der Waals surface area contributed by atoms with E-state index in [1.807, 2.05) is 39.8 Å². The molecule has 6 heteroatoms. The smallest absolute Gasteiger partial charge is 0.137 e. The van der Waals surface area contributed by atoms with Crippen LogP contribution in [0, 0.1) is 22.7 Å². The van der Waals surface area contributed by atoms with Gasteiger partial charge in [-0.15, -0.1) is 0 Å². The zero-order valence-electron chi connectivity index (χ0n) is 13.8. The van der Waals surface area contributed by atoms with Crippen LogP contribution in [0.3, 0.4) is 0 Å². The molecule has 23 heavy (non-hydrogen) atoms. The maximum Gasteiger partial charge on any atom is 0.137 e. The van der Waals surface area contributed by atoms with Gasteiger partial charge < -0.3 is 0 Å². The van der Waals surface area contributed by atoms with Crippen LogP contribution >= 0.6 is 0 Å². The van der Waals surface area contributed by atoms with Crippen molar-refractivity contribution in [3.05, 3.63) is 41.5 Å². The van der Waals surface area contributed by atoms with Gasteiger partial charge in [-0.1, -0.05) is 17.6 Å². The van der Waals surface area contributed by atoms with Crippen LogP contribution in [-0.4, -0.2) is 22.6 Å². The van der Waals surface area contributed by atoms with Gasteiger partial charge in [0.2, 0.25) is 0 Å². The molecule has 0 fully saturated rings. The zero-order valence-corrected chi connectivity index (χ0v) is 13.8. The average Bonchev–Trinajstić information content (AvgIpc) is 3.01. The third-order valence-electron chi connectivity index (χ3n) is 4.02. The molecule has 0 bridgehead atoms. The lowest BCUT2D eigenvalue weighted by Gasteiger charge is -2.26. The summed E-state index contributed by atoms with van der Waals surface area (Å²) in [7, 11) is 6.32. The Balaban J connectivity index is 2.66.